The Labute approximate surface area is 199 Å². The van der Waals surface area contributed by atoms with E-state index in [1.807, 2.05) is 16.0 Å². The Morgan fingerprint density at radius 2 is 2.06 bits per heavy atom. The van der Waals surface area contributed by atoms with Gasteiger partial charge in [0, 0.05) is 48.3 Å². The van der Waals surface area contributed by atoms with Gasteiger partial charge in [0.15, 0.2) is 5.82 Å². The number of aryl methyl sites for hydroxylation is 2. The fourth-order valence-electron chi connectivity index (χ4n) is 5.38. The maximum Gasteiger partial charge on any atom is 0.154 e. The standard InChI is InChI=1S/C24H35N7OS/c1-3-20-13-21(22(33-20)8-11-32)18-7-10-29(17(2)12-18)14-19-15-30(28-25-19)16-24-27-26-23-6-4-5-9-31(23)24/h13,15,17-18,32H,3-12,14,16H2,1-2H3/t17-,18?/m0/s1. The Morgan fingerprint density at radius 3 is 2.88 bits per heavy atom. The summed E-state index contributed by atoms with van der Waals surface area (Å²) in [5.41, 5.74) is 2.50. The van der Waals surface area contributed by atoms with Crippen LogP contribution in [0.2, 0.25) is 0 Å². The van der Waals surface area contributed by atoms with E-state index in [9.17, 15) is 5.11 Å². The highest BCUT2D eigenvalue weighted by molar-refractivity contribution is 7.12. The molecule has 1 saturated heterocycles. The Bertz CT molecular complexity index is 1070. The molecule has 0 amide bonds. The van der Waals surface area contributed by atoms with Gasteiger partial charge in [0.1, 0.15) is 12.4 Å². The second-order valence-corrected chi connectivity index (χ2v) is 10.7. The van der Waals surface area contributed by atoms with E-state index in [0.717, 1.165) is 69.1 Å². The summed E-state index contributed by atoms with van der Waals surface area (Å²) < 4.78 is 4.15. The maximum absolute atomic E-state index is 9.50. The summed E-state index contributed by atoms with van der Waals surface area (Å²) in [7, 11) is 0. The highest BCUT2D eigenvalue weighted by Crippen LogP contribution is 2.38. The van der Waals surface area contributed by atoms with Gasteiger partial charge in [-0.25, -0.2) is 4.68 Å². The molecule has 5 heterocycles. The summed E-state index contributed by atoms with van der Waals surface area (Å²) >= 11 is 1.89. The molecule has 8 nitrogen and oxygen atoms in total. The fraction of sp³-hybridized carbons (Fsp3) is 0.667. The Kier molecular flexibility index (Phi) is 6.89. The lowest BCUT2D eigenvalue weighted by atomic mass is 9.85. The van der Waals surface area contributed by atoms with Crippen molar-refractivity contribution >= 4 is 11.3 Å². The SMILES string of the molecule is CCc1cc(C2CCN(Cc3cn(Cc4nnc5n4CCCC5)nn3)[C@@H](C)C2)c(CCO)s1. The molecule has 178 valence electrons. The molecule has 2 aliphatic rings. The van der Waals surface area contributed by atoms with Crippen molar-refractivity contribution in [3.8, 4) is 0 Å². The average molecular weight is 470 g/mol. The van der Waals surface area contributed by atoms with E-state index < -0.39 is 0 Å². The number of hydrogen-bond acceptors (Lipinski definition) is 7. The van der Waals surface area contributed by atoms with Gasteiger partial charge in [0.25, 0.3) is 0 Å². The molecule has 0 bridgehead atoms. The fourth-order valence-corrected chi connectivity index (χ4v) is 6.57. The molecular formula is C24H35N7OS. The van der Waals surface area contributed by atoms with Crippen molar-refractivity contribution in [3.05, 3.63) is 44.9 Å². The van der Waals surface area contributed by atoms with E-state index in [4.69, 9.17) is 0 Å². The minimum absolute atomic E-state index is 0.234. The van der Waals surface area contributed by atoms with E-state index in [2.05, 4.69) is 56.1 Å². The highest BCUT2D eigenvalue weighted by atomic mass is 32.1. The van der Waals surface area contributed by atoms with Crippen LogP contribution in [0.25, 0.3) is 0 Å². The summed E-state index contributed by atoms with van der Waals surface area (Å²) in [6, 6.07) is 2.89. The van der Waals surface area contributed by atoms with E-state index in [0.29, 0.717) is 18.5 Å². The van der Waals surface area contributed by atoms with Crippen molar-refractivity contribution in [3.63, 3.8) is 0 Å². The molecular weight excluding hydrogens is 434 g/mol. The van der Waals surface area contributed by atoms with E-state index in [1.165, 1.54) is 28.2 Å². The van der Waals surface area contributed by atoms with E-state index in [-0.39, 0.29) is 6.61 Å². The van der Waals surface area contributed by atoms with Gasteiger partial charge in [-0.15, -0.1) is 26.6 Å². The summed E-state index contributed by atoms with van der Waals surface area (Å²) in [6.45, 7) is 8.31. The van der Waals surface area contributed by atoms with Crippen LogP contribution in [0, 0.1) is 0 Å². The molecule has 0 aliphatic carbocycles. The third-order valence-corrected chi connectivity index (χ3v) is 8.58. The van der Waals surface area contributed by atoms with Crippen molar-refractivity contribution in [1.82, 2.24) is 34.7 Å². The number of rotatable bonds is 8. The smallest absolute Gasteiger partial charge is 0.154 e. The first kappa shape index (κ1) is 22.7. The number of fused-ring (bicyclic) bond motifs is 1. The topological polar surface area (TPSA) is 84.9 Å². The van der Waals surface area contributed by atoms with Gasteiger partial charge in [-0.05, 0) is 63.1 Å². The van der Waals surface area contributed by atoms with Crippen LogP contribution >= 0.6 is 11.3 Å². The minimum Gasteiger partial charge on any atom is -0.396 e. The van der Waals surface area contributed by atoms with Gasteiger partial charge in [-0.2, -0.15) is 0 Å². The molecule has 3 aromatic heterocycles. The molecule has 0 radical (unpaired) electrons. The normalized spacial score (nSPS) is 21.4. The van der Waals surface area contributed by atoms with Gasteiger partial charge in [-0.1, -0.05) is 12.1 Å². The largest absolute Gasteiger partial charge is 0.396 e. The molecule has 5 rings (SSSR count). The number of hydrogen-bond donors (Lipinski definition) is 1. The first-order valence-electron chi connectivity index (χ1n) is 12.4. The number of piperidine rings is 1. The maximum atomic E-state index is 9.50. The van der Waals surface area contributed by atoms with Crippen molar-refractivity contribution < 1.29 is 5.11 Å². The lowest BCUT2D eigenvalue weighted by Crippen LogP contribution is -2.39. The first-order chi connectivity index (χ1) is 16.1. The second-order valence-electron chi connectivity index (χ2n) is 9.51. The zero-order valence-electron chi connectivity index (χ0n) is 19.8. The predicted molar refractivity (Wildman–Crippen MR) is 128 cm³/mol. The Hall–Kier alpha value is -2.10. The quantitative estimate of drug-likeness (QED) is 0.545. The number of aliphatic hydroxyl groups excluding tert-OH is 1. The molecule has 1 unspecified atom stereocenters. The van der Waals surface area contributed by atoms with Crippen LogP contribution in [0.5, 0.6) is 0 Å². The minimum atomic E-state index is 0.234. The van der Waals surface area contributed by atoms with E-state index in [1.54, 1.807) is 0 Å². The lowest BCUT2D eigenvalue weighted by molar-refractivity contribution is 0.137. The van der Waals surface area contributed by atoms with Crippen molar-refractivity contribution in [2.75, 3.05) is 13.2 Å². The van der Waals surface area contributed by atoms with Crippen molar-refractivity contribution in [2.45, 2.75) is 90.4 Å². The molecule has 2 aliphatic heterocycles. The molecule has 9 heteroatoms. The van der Waals surface area contributed by atoms with Gasteiger partial charge in [0.2, 0.25) is 0 Å². The van der Waals surface area contributed by atoms with Crippen LogP contribution in [-0.2, 0) is 38.9 Å². The van der Waals surface area contributed by atoms with Gasteiger partial charge < -0.3 is 9.67 Å². The zero-order chi connectivity index (χ0) is 22.8. The van der Waals surface area contributed by atoms with Crippen LogP contribution in [-0.4, -0.2) is 59.0 Å². The van der Waals surface area contributed by atoms with Crippen molar-refractivity contribution in [1.29, 1.82) is 0 Å². The third-order valence-electron chi connectivity index (χ3n) is 7.22. The number of nitrogens with zero attached hydrogens (tertiary/aromatic N) is 7. The average Bonchev–Trinajstić information content (AvgIpc) is 3.55. The summed E-state index contributed by atoms with van der Waals surface area (Å²) in [6.07, 6.45) is 9.65. The van der Waals surface area contributed by atoms with Gasteiger partial charge >= 0.3 is 0 Å². The Balaban J connectivity index is 1.20. The van der Waals surface area contributed by atoms with Crippen LogP contribution in [0.3, 0.4) is 0 Å². The Morgan fingerprint density at radius 1 is 1.15 bits per heavy atom. The molecule has 0 spiro atoms. The number of likely N-dealkylation sites (tertiary alicyclic amines) is 1. The van der Waals surface area contributed by atoms with Crippen LogP contribution in [0.15, 0.2) is 12.3 Å². The number of aromatic nitrogens is 6. The summed E-state index contributed by atoms with van der Waals surface area (Å²) in [5.74, 6) is 2.67. The third kappa shape index (κ3) is 4.90. The first-order valence-corrected chi connectivity index (χ1v) is 13.2. The molecule has 33 heavy (non-hydrogen) atoms. The number of aliphatic hydroxyl groups is 1. The van der Waals surface area contributed by atoms with Crippen LogP contribution in [0.4, 0.5) is 0 Å². The molecule has 0 aromatic carbocycles. The lowest BCUT2D eigenvalue weighted by Gasteiger charge is -2.37. The van der Waals surface area contributed by atoms with Gasteiger partial charge in [0.05, 0.1) is 11.9 Å². The second kappa shape index (κ2) is 10.0. The molecule has 1 N–H and O–H groups in total. The zero-order valence-corrected chi connectivity index (χ0v) is 20.6. The highest BCUT2D eigenvalue weighted by Gasteiger charge is 2.29. The summed E-state index contributed by atoms with van der Waals surface area (Å²) in [5, 5.41) is 27.1. The molecule has 3 aromatic rings. The van der Waals surface area contributed by atoms with Crippen molar-refractivity contribution in [2.24, 2.45) is 0 Å². The van der Waals surface area contributed by atoms with Crippen LogP contribution in [0.1, 0.15) is 78.1 Å². The van der Waals surface area contributed by atoms with E-state index >= 15 is 0 Å². The number of thiophene rings is 1. The molecule has 0 saturated carbocycles. The molecule has 2 atom stereocenters. The van der Waals surface area contributed by atoms with Gasteiger partial charge in [-0.3, -0.25) is 4.90 Å². The monoisotopic (exact) mass is 469 g/mol. The summed E-state index contributed by atoms with van der Waals surface area (Å²) in [4.78, 5) is 5.36. The van der Waals surface area contributed by atoms with Crippen LogP contribution < -0.4 is 0 Å². The predicted octanol–water partition coefficient (Wildman–Crippen LogP) is 3.18. The molecule has 1 fully saturated rings.